The Hall–Kier alpha value is 0.290. The molecular weight excluding hydrogens is 480 g/mol. The van der Waals surface area contributed by atoms with Crippen LogP contribution >= 0.6 is 16.2 Å². The molecule has 0 aliphatic heterocycles. The summed E-state index contributed by atoms with van der Waals surface area (Å²) in [4.78, 5) is 14.5. The van der Waals surface area contributed by atoms with Crippen LogP contribution in [0.25, 0.3) is 0 Å². The third kappa shape index (κ3) is 7.69. The Kier molecular flexibility index (Phi) is 11.4. The zero-order valence-corrected chi connectivity index (χ0v) is 26.0. The highest BCUT2D eigenvalue weighted by molar-refractivity contribution is 7.57. The smallest absolute Gasteiger partial charge is 0.255 e. The molecule has 4 aliphatic rings. The first-order chi connectivity index (χ1) is 17.4. The molecule has 1 amide bonds. The van der Waals surface area contributed by atoms with E-state index in [0.29, 0.717) is 5.91 Å². The molecule has 0 radical (unpaired) electrons. The predicted octanol–water partition coefficient (Wildman–Crippen LogP) is 10.0. The summed E-state index contributed by atoms with van der Waals surface area (Å²) in [7, 11) is 1.23. The maximum absolute atomic E-state index is 14.5. The number of carbonyl (C=O) groups is 1. The van der Waals surface area contributed by atoms with Crippen LogP contribution < -0.4 is 0 Å². The van der Waals surface area contributed by atoms with Crippen molar-refractivity contribution in [2.45, 2.75) is 178 Å². The number of rotatable bonds is 8. The molecule has 0 N–H and O–H groups in total. The van der Waals surface area contributed by atoms with Gasteiger partial charge in [0, 0.05) is 34.6 Å². The lowest BCUT2D eigenvalue weighted by Crippen LogP contribution is -2.46. The van der Waals surface area contributed by atoms with Crippen LogP contribution in [0.4, 0.5) is 0 Å². The second-order valence-corrected chi connectivity index (χ2v) is 18.8. The normalized spacial score (nSPS) is 25.4. The highest BCUT2D eigenvalue weighted by atomic mass is 31.1. The Balaban J connectivity index is 1.56. The van der Waals surface area contributed by atoms with E-state index in [2.05, 4.69) is 32.5 Å². The fraction of sp³-hybridized carbons (Fsp3) is 0.968. The van der Waals surface area contributed by atoms with E-state index in [-0.39, 0.29) is 11.5 Å². The minimum atomic E-state index is -0.546. The number of carbonyl (C=O) groups excluding carboxylic acids is 1. The van der Waals surface area contributed by atoms with Crippen molar-refractivity contribution in [3.05, 3.63) is 0 Å². The topological polar surface area (TPSA) is 29.5 Å². The van der Waals surface area contributed by atoms with E-state index in [1.165, 1.54) is 128 Å². The van der Waals surface area contributed by atoms with Gasteiger partial charge < -0.3 is 9.19 Å². The summed E-state index contributed by atoms with van der Waals surface area (Å²) in [6.45, 7) is 6.80. The lowest BCUT2D eigenvalue weighted by molar-refractivity contribution is -0.137. The molecule has 4 aliphatic carbocycles. The number of likely N-dealkylation sites (N-methyl/N-ethyl adjacent to an activating group) is 1. The average molecular weight is 538 g/mol. The number of nitrogens with zero attached hydrogens (tertiary/aromatic N) is 1. The fourth-order valence-electron chi connectivity index (χ4n) is 7.60. The summed E-state index contributed by atoms with van der Waals surface area (Å²) >= 11 is 0. The molecule has 208 valence electrons. The van der Waals surface area contributed by atoms with Crippen molar-refractivity contribution in [2.75, 3.05) is 7.05 Å². The first-order valence-corrected chi connectivity index (χ1v) is 18.7. The largest absolute Gasteiger partial charge is 0.345 e. The van der Waals surface area contributed by atoms with Crippen LogP contribution in [0.15, 0.2) is 0 Å². The molecular formula is C31H57NO2P2. The third-order valence-corrected chi connectivity index (χ3v) is 16.0. The van der Waals surface area contributed by atoms with Crippen molar-refractivity contribution in [3.8, 4) is 0 Å². The van der Waals surface area contributed by atoms with E-state index in [1.807, 2.05) is 0 Å². The second-order valence-electron chi connectivity index (χ2n) is 13.6. The number of hydrogen-bond acceptors (Lipinski definition) is 2. The highest BCUT2D eigenvalue weighted by Gasteiger charge is 2.44. The molecule has 3 nitrogen and oxygen atoms in total. The lowest BCUT2D eigenvalue weighted by Gasteiger charge is -2.46. The van der Waals surface area contributed by atoms with Crippen molar-refractivity contribution in [2.24, 2.45) is 5.41 Å². The summed E-state index contributed by atoms with van der Waals surface area (Å²) in [6.07, 6.45) is 26.9. The van der Waals surface area contributed by atoms with Crippen LogP contribution in [0, 0.1) is 5.41 Å². The van der Waals surface area contributed by atoms with Gasteiger partial charge in [0.1, 0.15) is 6.10 Å². The van der Waals surface area contributed by atoms with Gasteiger partial charge in [-0.2, -0.15) is 0 Å². The molecule has 1 atom stereocenters. The van der Waals surface area contributed by atoms with Gasteiger partial charge in [-0.05, 0) is 68.1 Å². The lowest BCUT2D eigenvalue weighted by atomic mass is 9.89. The molecule has 1 unspecified atom stereocenters. The summed E-state index contributed by atoms with van der Waals surface area (Å²) in [5.74, 6) is 0.337. The quantitative estimate of drug-likeness (QED) is 0.288. The second kappa shape index (κ2) is 14.1. The van der Waals surface area contributed by atoms with E-state index in [1.54, 1.807) is 0 Å². The molecule has 5 heteroatoms. The molecule has 36 heavy (non-hydrogen) atoms. The highest BCUT2D eigenvalue weighted by Crippen LogP contribution is 2.61. The molecule has 0 saturated heterocycles. The van der Waals surface area contributed by atoms with E-state index >= 15 is 0 Å². The van der Waals surface area contributed by atoms with Gasteiger partial charge >= 0.3 is 0 Å². The first-order valence-electron chi connectivity index (χ1n) is 15.9. The molecule has 0 aromatic rings. The molecule has 0 spiro atoms. The van der Waals surface area contributed by atoms with Crippen LogP contribution in [-0.2, 0) is 9.32 Å². The molecule has 4 rings (SSSR count). The van der Waals surface area contributed by atoms with Crippen molar-refractivity contribution < 1.29 is 9.32 Å². The molecule has 0 aromatic heterocycles. The minimum absolute atomic E-state index is 0.157. The maximum Gasteiger partial charge on any atom is 0.255 e. The van der Waals surface area contributed by atoms with E-state index in [0.717, 1.165) is 22.6 Å². The molecule has 4 fully saturated rings. The van der Waals surface area contributed by atoms with Gasteiger partial charge in [-0.15, -0.1) is 0 Å². The Morgan fingerprint density at radius 3 is 1.31 bits per heavy atom. The van der Waals surface area contributed by atoms with Crippen LogP contribution in [0.5, 0.6) is 0 Å². The Labute approximate surface area is 226 Å². The van der Waals surface area contributed by atoms with Crippen LogP contribution in [0.3, 0.4) is 0 Å². The van der Waals surface area contributed by atoms with Gasteiger partial charge in [-0.3, -0.25) is 4.79 Å². The molecule has 4 saturated carbocycles. The monoisotopic (exact) mass is 537 g/mol. The summed E-state index contributed by atoms with van der Waals surface area (Å²) < 4.78 is 9.61. The minimum Gasteiger partial charge on any atom is -0.345 e. The van der Waals surface area contributed by atoms with Crippen LogP contribution in [0.1, 0.15) is 149 Å². The summed E-state index contributed by atoms with van der Waals surface area (Å²) in [5.41, 5.74) is 2.79. The standard InChI is InChI=1S/C31H57NO2P2/c1-31(2,3)29(34-36(27-21-13-7-14-22-27)28-23-15-8-16-24-28)30(33)32(4)35(25-17-9-5-10-18-25)26-19-11-6-12-20-26/h25-29H,5-24H2,1-4H3. The third-order valence-electron chi connectivity index (χ3n) is 9.67. The van der Waals surface area contributed by atoms with Gasteiger partial charge in [0.25, 0.3) is 5.91 Å². The van der Waals surface area contributed by atoms with Gasteiger partial charge in [0.15, 0.2) is 0 Å². The zero-order valence-electron chi connectivity index (χ0n) is 24.2. The zero-order chi connectivity index (χ0) is 25.5. The Morgan fingerprint density at radius 2 is 0.972 bits per heavy atom. The number of hydrogen-bond donors (Lipinski definition) is 0. The van der Waals surface area contributed by atoms with Gasteiger partial charge in [0.05, 0.1) is 0 Å². The Bertz CT molecular complexity index is 620. The van der Waals surface area contributed by atoms with Crippen LogP contribution in [0.2, 0.25) is 0 Å². The maximum atomic E-state index is 14.5. The predicted molar refractivity (Wildman–Crippen MR) is 158 cm³/mol. The summed E-state index contributed by atoms with van der Waals surface area (Å²) in [5, 5.41) is 0. The molecule has 0 heterocycles. The molecule has 0 bridgehead atoms. The van der Waals surface area contributed by atoms with Crippen molar-refractivity contribution in [3.63, 3.8) is 0 Å². The van der Waals surface area contributed by atoms with Crippen molar-refractivity contribution in [1.82, 2.24) is 4.67 Å². The average Bonchev–Trinajstić information content (AvgIpc) is 2.90. The Morgan fingerprint density at radius 1 is 0.639 bits per heavy atom. The van der Waals surface area contributed by atoms with E-state index in [9.17, 15) is 4.79 Å². The van der Waals surface area contributed by atoms with Gasteiger partial charge in [0.2, 0.25) is 0 Å². The van der Waals surface area contributed by atoms with E-state index < -0.39 is 16.2 Å². The van der Waals surface area contributed by atoms with Crippen LogP contribution in [-0.4, -0.2) is 46.4 Å². The van der Waals surface area contributed by atoms with Crippen molar-refractivity contribution in [1.29, 1.82) is 0 Å². The summed E-state index contributed by atoms with van der Waals surface area (Å²) in [6, 6.07) is 0. The van der Waals surface area contributed by atoms with Gasteiger partial charge in [-0.25, -0.2) is 0 Å². The van der Waals surface area contributed by atoms with Gasteiger partial charge in [-0.1, -0.05) is 97.8 Å². The SMILES string of the molecule is CN(C(=O)C(OP(C1CCCCC1)C1CCCCC1)C(C)(C)C)P(C1CCCCC1)C1CCCCC1. The van der Waals surface area contributed by atoms with Crippen molar-refractivity contribution >= 4 is 22.1 Å². The van der Waals surface area contributed by atoms with E-state index in [4.69, 9.17) is 4.52 Å². The molecule has 0 aromatic carbocycles. The first kappa shape index (κ1) is 29.3. The number of amides is 1. The fourth-order valence-corrected chi connectivity index (χ4v) is 14.6.